The van der Waals surface area contributed by atoms with Crippen molar-refractivity contribution in [3.05, 3.63) is 84.5 Å². The molecule has 2 heterocycles. The molecule has 1 aliphatic heterocycles. The summed E-state index contributed by atoms with van der Waals surface area (Å²) in [6.45, 7) is 14.4. The van der Waals surface area contributed by atoms with Gasteiger partial charge in [-0.2, -0.15) is 4.98 Å². The minimum Gasteiger partial charge on any atom is -0.374 e. The zero-order valence-corrected chi connectivity index (χ0v) is 17.6. The largest absolute Gasteiger partial charge is 0.374 e. The first kappa shape index (κ1) is 20.8. The standard InChI is InChI=1S/C25H31N3O/c1-5-6-7-9-19(2)11-14-21(4)28-17-8-10-23(18-28)25-26-24(27-29-25)22-15-12-20(3)13-16-22/h5-7,9,12-13,15-16,23H,2,4,8,10-11,14,17-18H2,1,3H3/b6-5-,9-7-. The molecule has 1 fully saturated rings. The summed E-state index contributed by atoms with van der Waals surface area (Å²) >= 11 is 0. The molecule has 2 aromatic rings. The van der Waals surface area contributed by atoms with Crippen molar-refractivity contribution in [2.24, 2.45) is 0 Å². The van der Waals surface area contributed by atoms with Crippen molar-refractivity contribution < 1.29 is 4.52 Å². The highest BCUT2D eigenvalue weighted by molar-refractivity contribution is 5.54. The van der Waals surface area contributed by atoms with Crippen molar-refractivity contribution in [2.75, 3.05) is 13.1 Å². The number of likely N-dealkylation sites (tertiary alicyclic amines) is 1. The second-order valence-corrected chi connectivity index (χ2v) is 7.72. The molecular formula is C25H31N3O. The van der Waals surface area contributed by atoms with Gasteiger partial charge in [-0.25, -0.2) is 0 Å². The quantitative estimate of drug-likeness (QED) is 0.504. The van der Waals surface area contributed by atoms with Crippen molar-refractivity contribution >= 4 is 0 Å². The van der Waals surface area contributed by atoms with E-state index < -0.39 is 0 Å². The van der Waals surface area contributed by atoms with E-state index in [0.717, 1.165) is 61.5 Å². The van der Waals surface area contributed by atoms with E-state index in [1.165, 1.54) is 5.56 Å². The summed E-state index contributed by atoms with van der Waals surface area (Å²) < 4.78 is 5.62. The van der Waals surface area contributed by atoms with E-state index in [9.17, 15) is 0 Å². The minimum atomic E-state index is 0.255. The van der Waals surface area contributed by atoms with Crippen LogP contribution in [0.3, 0.4) is 0 Å². The number of benzene rings is 1. The lowest BCUT2D eigenvalue weighted by Gasteiger charge is -2.34. The third kappa shape index (κ3) is 5.80. The number of aryl methyl sites for hydroxylation is 1. The molecule has 0 amide bonds. The van der Waals surface area contributed by atoms with Crippen LogP contribution in [-0.2, 0) is 0 Å². The highest BCUT2D eigenvalue weighted by Gasteiger charge is 2.26. The van der Waals surface area contributed by atoms with Gasteiger partial charge in [0.1, 0.15) is 0 Å². The smallest absolute Gasteiger partial charge is 0.231 e. The molecule has 1 aromatic heterocycles. The molecule has 29 heavy (non-hydrogen) atoms. The Hall–Kier alpha value is -2.88. The van der Waals surface area contributed by atoms with Gasteiger partial charge in [0.2, 0.25) is 11.7 Å². The van der Waals surface area contributed by atoms with Gasteiger partial charge in [-0.1, -0.05) is 78.0 Å². The van der Waals surface area contributed by atoms with Gasteiger partial charge in [0.25, 0.3) is 0 Å². The Morgan fingerprint density at radius 2 is 2.00 bits per heavy atom. The molecular weight excluding hydrogens is 358 g/mol. The summed E-state index contributed by atoms with van der Waals surface area (Å²) in [5.41, 5.74) is 4.50. The molecule has 1 unspecified atom stereocenters. The first-order chi connectivity index (χ1) is 14.1. The van der Waals surface area contributed by atoms with Crippen LogP contribution in [0.4, 0.5) is 0 Å². The summed E-state index contributed by atoms with van der Waals surface area (Å²) in [6.07, 6.45) is 12.1. The van der Waals surface area contributed by atoms with Gasteiger partial charge in [-0.15, -0.1) is 0 Å². The van der Waals surface area contributed by atoms with Gasteiger partial charge >= 0.3 is 0 Å². The average Bonchev–Trinajstić information content (AvgIpc) is 3.23. The zero-order chi connectivity index (χ0) is 20.6. The fraction of sp³-hybridized carbons (Fsp3) is 0.360. The Labute approximate surface area is 174 Å². The lowest BCUT2D eigenvalue weighted by atomic mass is 9.96. The Bertz CT molecular complexity index is 889. The van der Waals surface area contributed by atoms with Gasteiger partial charge in [0.05, 0.1) is 5.92 Å². The maximum Gasteiger partial charge on any atom is 0.231 e. The molecule has 4 heteroatoms. The Morgan fingerprint density at radius 3 is 2.76 bits per heavy atom. The van der Waals surface area contributed by atoms with Crippen LogP contribution in [0.25, 0.3) is 11.4 Å². The Balaban J connectivity index is 1.57. The van der Waals surface area contributed by atoms with Gasteiger partial charge in [-0.3, -0.25) is 0 Å². The highest BCUT2D eigenvalue weighted by Crippen LogP contribution is 2.30. The van der Waals surface area contributed by atoms with Crippen LogP contribution in [0.15, 0.2) is 77.5 Å². The van der Waals surface area contributed by atoms with Crippen LogP contribution in [0.1, 0.15) is 50.0 Å². The van der Waals surface area contributed by atoms with Crippen LogP contribution in [0.5, 0.6) is 0 Å². The van der Waals surface area contributed by atoms with Crippen molar-refractivity contribution in [1.29, 1.82) is 0 Å². The fourth-order valence-corrected chi connectivity index (χ4v) is 3.54. The van der Waals surface area contributed by atoms with E-state index in [1.54, 1.807) is 0 Å². The van der Waals surface area contributed by atoms with Gasteiger partial charge in [0, 0.05) is 24.4 Å². The summed E-state index contributed by atoms with van der Waals surface area (Å²) in [6, 6.07) is 8.21. The second-order valence-electron chi connectivity index (χ2n) is 7.72. The Morgan fingerprint density at radius 1 is 1.21 bits per heavy atom. The van der Waals surface area contributed by atoms with E-state index in [2.05, 4.69) is 53.3 Å². The average molecular weight is 390 g/mol. The topological polar surface area (TPSA) is 42.2 Å². The summed E-state index contributed by atoms with van der Waals surface area (Å²) in [5, 5.41) is 4.20. The molecule has 0 aliphatic carbocycles. The van der Waals surface area contributed by atoms with Crippen molar-refractivity contribution in [1.82, 2.24) is 15.0 Å². The normalized spacial score (nSPS) is 17.3. The van der Waals surface area contributed by atoms with Gasteiger partial charge in [-0.05, 0) is 39.5 Å². The monoisotopic (exact) mass is 389 g/mol. The maximum absolute atomic E-state index is 5.62. The van der Waals surface area contributed by atoms with E-state index in [-0.39, 0.29) is 5.92 Å². The Kier molecular flexibility index (Phi) is 7.23. The molecule has 0 radical (unpaired) electrons. The molecule has 0 bridgehead atoms. The van der Waals surface area contributed by atoms with Crippen LogP contribution < -0.4 is 0 Å². The number of hydrogen-bond donors (Lipinski definition) is 0. The number of aromatic nitrogens is 2. The third-order valence-electron chi connectivity index (χ3n) is 5.34. The van der Waals surface area contributed by atoms with E-state index in [4.69, 9.17) is 4.52 Å². The van der Waals surface area contributed by atoms with Crippen molar-refractivity contribution in [2.45, 2.75) is 45.4 Å². The molecule has 1 aliphatic rings. The molecule has 1 saturated heterocycles. The van der Waals surface area contributed by atoms with E-state index in [1.807, 2.05) is 37.3 Å². The van der Waals surface area contributed by atoms with Crippen LogP contribution in [0, 0.1) is 6.92 Å². The number of allylic oxidation sites excluding steroid dienone is 6. The summed E-state index contributed by atoms with van der Waals surface area (Å²) in [5.74, 6) is 1.65. The molecule has 1 aromatic carbocycles. The number of nitrogens with zero attached hydrogens (tertiary/aromatic N) is 3. The minimum absolute atomic E-state index is 0.255. The number of hydrogen-bond acceptors (Lipinski definition) is 4. The predicted octanol–water partition coefficient (Wildman–Crippen LogP) is 6.21. The fourth-order valence-electron chi connectivity index (χ4n) is 3.54. The molecule has 4 nitrogen and oxygen atoms in total. The van der Waals surface area contributed by atoms with Gasteiger partial charge in [0.15, 0.2) is 0 Å². The third-order valence-corrected chi connectivity index (χ3v) is 5.34. The molecule has 0 spiro atoms. The van der Waals surface area contributed by atoms with Crippen LogP contribution >= 0.6 is 0 Å². The highest BCUT2D eigenvalue weighted by atomic mass is 16.5. The first-order valence-corrected chi connectivity index (χ1v) is 10.4. The maximum atomic E-state index is 5.62. The molecule has 0 saturated carbocycles. The molecule has 0 N–H and O–H groups in total. The van der Waals surface area contributed by atoms with E-state index in [0.29, 0.717) is 5.82 Å². The zero-order valence-electron chi connectivity index (χ0n) is 17.6. The first-order valence-electron chi connectivity index (χ1n) is 10.4. The lowest BCUT2D eigenvalue weighted by molar-refractivity contribution is 0.222. The summed E-state index contributed by atoms with van der Waals surface area (Å²) in [4.78, 5) is 7.05. The van der Waals surface area contributed by atoms with Crippen molar-refractivity contribution in [3.63, 3.8) is 0 Å². The SMILES string of the molecule is C=C(/C=C\C=C/C)CCC(=C)N1CCCC(c2nc(-c3ccc(C)cc3)no2)C1. The second kappa shape index (κ2) is 10.1. The number of rotatable bonds is 8. The lowest BCUT2D eigenvalue weighted by Crippen LogP contribution is -2.33. The van der Waals surface area contributed by atoms with Crippen LogP contribution in [0.2, 0.25) is 0 Å². The van der Waals surface area contributed by atoms with Gasteiger partial charge < -0.3 is 9.42 Å². The molecule has 152 valence electrons. The van der Waals surface area contributed by atoms with E-state index >= 15 is 0 Å². The molecule has 3 rings (SSSR count). The number of piperidine rings is 1. The summed E-state index contributed by atoms with van der Waals surface area (Å²) in [7, 11) is 0. The molecule has 1 atom stereocenters. The van der Waals surface area contributed by atoms with Crippen LogP contribution in [-0.4, -0.2) is 28.1 Å². The predicted molar refractivity (Wildman–Crippen MR) is 119 cm³/mol. The van der Waals surface area contributed by atoms with Crippen molar-refractivity contribution in [3.8, 4) is 11.4 Å².